The van der Waals surface area contributed by atoms with E-state index in [4.69, 9.17) is 5.11 Å². The van der Waals surface area contributed by atoms with Crippen molar-refractivity contribution in [1.82, 2.24) is 9.36 Å². The maximum absolute atomic E-state index is 8.99. The van der Waals surface area contributed by atoms with Crippen molar-refractivity contribution in [3.8, 4) is 0 Å². The molecule has 0 saturated heterocycles. The minimum atomic E-state index is -0.0115. The molecule has 0 saturated carbocycles. The zero-order valence-electron chi connectivity index (χ0n) is 10.9. The molecule has 0 aliphatic heterocycles. The molecule has 1 rings (SSSR count). The van der Waals surface area contributed by atoms with Crippen LogP contribution in [0.5, 0.6) is 0 Å². The smallest absolute Gasteiger partial charge is 0.202 e. The van der Waals surface area contributed by atoms with Gasteiger partial charge in [0.05, 0.1) is 0 Å². The van der Waals surface area contributed by atoms with Crippen LogP contribution in [0.1, 0.15) is 33.0 Å². The normalized spacial score (nSPS) is 13.7. The summed E-state index contributed by atoms with van der Waals surface area (Å²) in [5.41, 5.74) is -0.0115. The molecule has 0 radical (unpaired) electrons. The van der Waals surface area contributed by atoms with Gasteiger partial charge in [-0.25, -0.2) is 4.98 Å². The van der Waals surface area contributed by atoms with Crippen LogP contribution in [0.15, 0.2) is 0 Å². The quantitative estimate of drug-likeness (QED) is 0.834. The average Bonchev–Trinajstić information content (AvgIpc) is 2.66. The third-order valence-electron chi connectivity index (χ3n) is 2.27. The molecule has 0 aromatic carbocycles. The van der Waals surface area contributed by atoms with Gasteiger partial charge in [-0.1, -0.05) is 20.8 Å². The van der Waals surface area contributed by atoms with Gasteiger partial charge in [-0.05, 0) is 12.7 Å². The lowest BCUT2D eigenvalue weighted by Crippen LogP contribution is -2.23. The van der Waals surface area contributed by atoms with Crippen LogP contribution >= 0.6 is 23.3 Å². The molecule has 1 aromatic heterocycles. The minimum Gasteiger partial charge on any atom is -0.396 e. The molecule has 0 aliphatic carbocycles. The summed E-state index contributed by atoms with van der Waals surface area (Å²) < 4.78 is 4.36. The second-order valence-electron chi connectivity index (χ2n) is 4.98. The van der Waals surface area contributed by atoms with Crippen molar-refractivity contribution in [3.63, 3.8) is 0 Å². The minimum absolute atomic E-state index is 0.0115. The number of rotatable bonds is 6. The van der Waals surface area contributed by atoms with Gasteiger partial charge in [0.15, 0.2) is 0 Å². The van der Waals surface area contributed by atoms with Crippen molar-refractivity contribution in [3.05, 3.63) is 5.82 Å². The fraction of sp³-hybridized carbons (Fsp3) is 0.818. The molecule has 98 valence electrons. The molecule has 0 fully saturated rings. The van der Waals surface area contributed by atoms with E-state index >= 15 is 0 Å². The monoisotopic (exact) mass is 275 g/mol. The summed E-state index contributed by atoms with van der Waals surface area (Å²) >= 11 is 3.16. The van der Waals surface area contributed by atoms with E-state index in [1.165, 1.54) is 11.5 Å². The van der Waals surface area contributed by atoms with Gasteiger partial charge in [0.1, 0.15) is 5.82 Å². The molecular weight excluding hydrogens is 254 g/mol. The highest BCUT2D eigenvalue weighted by Gasteiger charge is 2.20. The second-order valence-corrected chi connectivity index (χ2v) is 6.64. The molecule has 0 bridgehead atoms. The largest absolute Gasteiger partial charge is 0.396 e. The molecule has 1 unspecified atom stereocenters. The van der Waals surface area contributed by atoms with Gasteiger partial charge in [0, 0.05) is 35.3 Å². The molecule has 1 atom stereocenters. The van der Waals surface area contributed by atoms with E-state index in [1.54, 1.807) is 11.8 Å². The van der Waals surface area contributed by atoms with E-state index in [0.29, 0.717) is 0 Å². The van der Waals surface area contributed by atoms with Crippen LogP contribution in [0, 0.1) is 0 Å². The maximum atomic E-state index is 8.99. The Morgan fingerprint density at radius 3 is 2.65 bits per heavy atom. The Morgan fingerprint density at radius 2 is 2.18 bits per heavy atom. The van der Waals surface area contributed by atoms with Crippen LogP contribution in [0.25, 0.3) is 0 Å². The lowest BCUT2D eigenvalue weighted by molar-refractivity contribution is 0.282. The van der Waals surface area contributed by atoms with Gasteiger partial charge in [-0.3, -0.25) is 0 Å². The number of aromatic nitrogens is 2. The highest BCUT2D eigenvalue weighted by atomic mass is 32.2. The number of aliphatic hydroxyl groups excluding tert-OH is 1. The third kappa shape index (κ3) is 4.81. The molecule has 6 heteroatoms. The van der Waals surface area contributed by atoms with Gasteiger partial charge < -0.3 is 10.4 Å². The van der Waals surface area contributed by atoms with Crippen molar-refractivity contribution in [2.75, 3.05) is 23.9 Å². The first-order valence-electron chi connectivity index (χ1n) is 5.68. The molecule has 1 heterocycles. The van der Waals surface area contributed by atoms with Crippen molar-refractivity contribution in [2.24, 2.45) is 0 Å². The van der Waals surface area contributed by atoms with Crippen LogP contribution in [-0.4, -0.2) is 39.1 Å². The van der Waals surface area contributed by atoms with Crippen LogP contribution in [0.2, 0.25) is 0 Å². The van der Waals surface area contributed by atoms with Crippen molar-refractivity contribution in [1.29, 1.82) is 0 Å². The van der Waals surface area contributed by atoms with Crippen LogP contribution in [0.4, 0.5) is 5.13 Å². The highest BCUT2D eigenvalue weighted by molar-refractivity contribution is 7.98. The van der Waals surface area contributed by atoms with E-state index in [0.717, 1.165) is 23.1 Å². The van der Waals surface area contributed by atoms with Gasteiger partial charge in [0.2, 0.25) is 5.13 Å². The number of thioether (sulfide) groups is 1. The standard InChI is InChI=1S/C11H21N3OS2/c1-11(2,3)9-13-10(17-14-9)12-8(5-6-15)7-16-4/h8,15H,5-7H2,1-4H3,(H,12,13,14). The molecule has 0 spiro atoms. The van der Waals surface area contributed by atoms with E-state index in [1.807, 2.05) is 0 Å². The Kier molecular flexibility index (Phi) is 5.69. The zero-order chi connectivity index (χ0) is 12.9. The molecule has 0 aliphatic rings. The summed E-state index contributed by atoms with van der Waals surface area (Å²) in [5, 5.41) is 13.2. The van der Waals surface area contributed by atoms with Crippen LogP contribution < -0.4 is 5.32 Å². The Balaban J connectivity index is 2.63. The Hall–Kier alpha value is -0.330. The Bertz CT molecular complexity index is 330. The first kappa shape index (κ1) is 14.7. The number of nitrogens with one attached hydrogen (secondary N) is 1. The van der Waals surface area contributed by atoms with Gasteiger partial charge in [-0.2, -0.15) is 16.1 Å². The fourth-order valence-electron chi connectivity index (χ4n) is 1.32. The first-order valence-corrected chi connectivity index (χ1v) is 7.84. The SMILES string of the molecule is CSCC(CCO)Nc1nc(C(C)(C)C)ns1. The van der Waals surface area contributed by atoms with Crippen LogP contribution in [-0.2, 0) is 5.41 Å². The van der Waals surface area contributed by atoms with E-state index in [2.05, 4.69) is 41.7 Å². The predicted octanol–water partition coefficient (Wildman–Crippen LogP) is 2.36. The molecular formula is C11H21N3OS2. The van der Waals surface area contributed by atoms with Crippen molar-refractivity contribution >= 4 is 28.4 Å². The Morgan fingerprint density at radius 1 is 1.47 bits per heavy atom. The van der Waals surface area contributed by atoms with Crippen LogP contribution in [0.3, 0.4) is 0 Å². The number of anilines is 1. The number of hydrogen-bond acceptors (Lipinski definition) is 6. The second kappa shape index (κ2) is 6.56. The zero-order valence-corrected chi connectivity index (χ0v) is 12.5. The van der Waals surface area contributed by atoms with E-state index in [9.17, 15) is 0 Å². The van der Waals surface area contributed by atoms with E-state index < -0.39 is 0 Å². The molecule has 1 aromatic rings. The molecule has 0 amide bonds. The summed E-state index contributed by atoms with van der Waals surface area (Å²) in [4.78, 5) is 4.49. The molecule has 17 heavy (non-hydrogen) atoms. The molecule has 4 nitrogen and oxygen atoms in total. The lowest BCUT2D eigenvalue weighted by Gasteiger charge is -2.15. The summed E-state index contributed by atoms with van der Waals surface area (Å²) in [6.07, 6.45) is 2.80. The predicted molar refractivity (Wildman–Crippen MR) is 76.1 cm³/mol. The van der Waals surface area contributed by atoms with Crippen molar-refractivity contribution in [2.45, 2.75) is 38.6 Å². The Labute approximate surface area is 111 Å². The number of aliphatic hydroxyl groups is 1. The van der Waals surface area contributed by atoms with Gasteiger partial charge in [0.25, 0.3) is 0 Å². The summed E-state index contributed by atoms with van der Waals surface area (Å²) in [7, 11) is 0. The third-order valence-corrected chi connectivity index (χ3v) is 3.65. The van der Waals surface area contributed by atoms with E-state index in [-0.39, 0.29) is 18.1 Å². The maximum Gasteiger partial charge on any atom is 0.202 e. The lowest BCUT2D eigenvalue weighted by atomic mass is 9.96. The van der Waals surface area contributed by atoms with Gasteiger partial charge >= 0.3 is 0 Å². The summed E-state index contributed by atoms with van der Waals surface area (Å²) in [6, 6.07) is 0.260. The van der Waals surface area contributed by atoms with Crippen molar-refractivity contribution < 1.29 is 5.11 Å². The number of nitrogens with zero attached hydrogens (tertiary/aromatic N) is 2. The fourth-order valence-corrected chi connectivity index (χ4v) is 2.80. The topological polar surface area (TPSA) is 58.0 Å². The average molecular weight is 275 g/mol. The highest BCUT2D eigenvalue weighted by Crippen LogP contribution is 2.23. The summed E-state index contributed by atoms with van der Waals surface area (Å²) in [6.45, 7) is 6.51. The number of hydrogen-bond donors (Lipinski definition) is 2. The first-order chi connectivity index (χ1) is 7.97. The molecule has 2 N–H and O–H groups in total. The summed E-state index contributed by atoms with van der Waals surface area (Å²) in [5.74, 6) is 1.84. The van der Waals surface area contributed by atoms with Gasteiger partial charge in [-0.15, -0.1) is 0 Å².